The first-order valence-corrected chi connectivity index (χ1v) is 5.38. The molecule has 2 nitrogen and oxygen atoms in total. The number of para-hydroxylation sites is 1. The highest BCUT2D eigenvalue weighted by Gasteiger charge is 2.19. The molecule has 0 aliphatic heterocycles. The van der Waals surface area contributed by atoms with E-state index in [1.165, 1.54) is 0 Å². The van der Waals surface area contributed by atoms with Gasteiger partial charge in [0.2, 0.25) is 0 Å². The van der Waals surface area contributed by atoms with Gasteiger partial charge in [-0.2, -0.15) is 4.57 Å². The topological polar surface area (TPSA) is 24.1 Å². The van der Waals surface area contributed by atoms with Gasteiger partial charge in [0.1, 0.15) is 0 Å². The zero-order valence-corrected chi connectivity index (χ0v) is 9.86. The summed E-state index contributed by atoms with van der Waals surface area (Å²) >= 11 is 0. The Morgan fingerprint density at radius 2 is 1.44 bits per heavy atom. The molecule has 0 amide bonds. The highest BCUT2D eigenvalue weighted by atomic mass is 16.3. The molecule has 0 radical (unpaired) electrons. The molecule has 1 aromatic carbocycles. The lowest BCUT2D eigenvalue weighted by atomic mass is 10.1. The lowest BCUT2D eigenvalue weighted by Crippen LogP contribution is -2.38. The molecule has 1 N–H and O–H groups in total. The van der Waals surface area contributed by atoms with Crippen molar-refractivity contribution in [2.45, 2.75) is 20.8 Å². The first-order valence-electron chi connectivity index (χ1n) is 5.38. The number of aromatic nitrogens is 1. The van der Waals surface area contributed by atoms with E-state index in [9.17, 15) is 5.11 Å². The van der Waals surface area contributed by atoms with Gasteiger partial charge in [0.05, 0.1) is 0 Å². The summed E-state index contributed by atoms with van der Waals surface area (Å²) < 4.78 is 2.07. The Hall–Kier alpha value is -1.83. The average molecular weight is 214 g/mol. The fourth-order valence-electron chi connectivity index (χ4n) is 2.04. The molecule has 82 valence electrons. The number of phenolic OH excluding ortho intramolecular Hbond substituents is 1. The molecule has 2 rings (SSSR count). The van der Waals surface area contributed by atoms with Gasteiger partial charge in [-0.3, -0.25) is 0 Å². The smallest absolute Gasteiger partial charge is 0.256 e. The van der Waals surface area contributed by atoms with Crippen LogP contribution in [0, 0.1) is 20.8 Å². The quantitative estimate of drug-likeness (QED) is 0.725. The van der Waals surface area contributed by atoms with Crippen LogP contribution >= 0.6 is 0 Å². The summed E-state index contributed by atoms with van der Waals surface area (Å²) in [4.78, 5) is 0. The molecule has 0 spiro atoms. The molecule has 0 aliphatic rings. The van der Waals surface area contributed by atoms with E-state index < -0.39 is 0 Å². The second-order valence-corrected chi connectivity index (χ2v) is 4.09. The minimum Gasteiger partial charge on any atom is -0.502 e. The number of pyridine rings is 1. The highest BCUT2D eigenvalue weighted by molar-refractivity contribution is 5.45. The van der Waals surface area contributed by atoms with Crippen LogP contribution in [0.15, 0.2) is 36.4 Å². The third-order valence-electron chi connectivity index (χ3n) is 2.82. The molecule has 0 saturated heterocycles. The predicted octanol–water partition coefficient (Wildman–Crippen LogP) is 2.59. The van der Waals surface area contributed by atoms with Crippen LogP contribution in [0.1, 0.15) is 17.0 Å². The minimum absolute atomic E-state index is 0.322. The largest absolute Gasteiger partial charge is 0.502 e. The molecule has 2 heteroatoms. The van der Waals surface area contributed by atoms with Crippen LogP contribution in [0.2, 0.25) is 0 Å². The van der Waals surface area contributed by atoms with Gasteiger partial charge in [0.25, 0.3) is 5.69 Å². The third kappa shape index (κ3) is 1.67. The molecular weight excluding hydrogens is 198 g/mol. The SMILES string of the molecule is Cc1cccc(O)c1-[n+]1c(C)cccc1C. The number of aryl methyl sites for hydroxylation is 3. The number of nitrogens with zero attached hydrogens (tertiary/aromatic N) is 1. The molecule has 0 fully saturated rings. The van der Waals surface area contributed by atoms with Gasteiger partial charge < -0.3 is 5.11 Å². The van der Waals surface area contributed by atoms with Gasteiger partial charge in [0.15, 0.2) is 17.1 Å². The van der Waals surface area contributed by atoms with E-state index in [1.807, 2.05) is 51.1 Å². The second-order valence-electron chi connectivity index (χ2n) is 4.09. The van der Waals surface area contributed by atoms with E-state index in [1.54, 1.807) is 6.07 Å². The van der Waals surface area contributed by atoms with Crippen LogP contribution in [0.3, 0.4) is 0 Å². The summed E-state index contributed by atoms with van der Waals surface area (Å²) in [6, 6.07) is 11.7. The van der Waals surface area contributed by atoms with Gasteiger partial charge in [-0.15, -0.1) is 0 Å². The second kappa shape index (κ2) is 3.97. The number of phenols is 1. The van der Waals surface area contributed by atoms with Crippen LogP contribution in [0.4, 0.5) is 0 Å². The Morgan fingerprint density at radius 1 is 0.875 bits per heavy atom. The van der Waals surface area contributed by atoms with Crippen molar-refractivity contribution in [1.29, 1.82) is 0 Å². The normalized spacial score (nSPS) is 10.4. The monoisotopic (exact) mass is 214 g/mol. The summed E-state index contributed by atoms with van der Waals surface area (Å²) in [7, 11) is 0. The van der Waals surface area contributed by atoms with Gasteiger partial charge in [0, 0.05) is 31.5 Å². The van der Waals surface area contributed by atoms with Crippen LogP contribution in [-0.4, -0.2) is 5.11 Å². The fourth-order valence-corrected chi connectivity index (χ4v) is 2.04. The molecule has 16 heavy (non-hydrogen) atoms. The maximum absolute atomic E-state index is 9.97. The molecule has 0 saturated carbocycles. The molecule has 0 aliphatic carbocycles. The number of hydrogen-bond donors (Lipinski definition) is 1. The summed E-state index contributed by atoms with van der Waals surface area (Å²) in [6.45, 7) is 6.09. The van der Waals surface area contributed by atoms with E-state index in [0.29, 0.717) is 5.75 Å². The van der Waals surface area contributed by atoms with Crippen molar-refractivity contribution in [1.82, 2.24) is 0 Å². The summed E-state index contributed by atoms with van der Waals surface area (Å²) in [5.74, 6) is 0.322. The van der Waals surface area contributed by atoms with Crippen LogP contribution < -0.4 is 4.57 Å². The van der Waals surface area contributed by atoms with Crippen molar-refractivity contribution < 1.29 is 9.67 Å². The minimum atomic E-state index is 0.322. The van der Waals surface area contributed by atoms with Crippen molar-refractivity contribution in [2.75, 3.05) is 0 Å². The van der Waals surface area contributed by atoms with Gasteiger partial charge in [-0.25, -0.2) is 0 Å². The van der Waals surface area contributed by atoms with Crippen molar-refractivity contribution in [3.63, 3.8) is 0 Å². The molecule has 2 aromatic rings. The fraction of sp³-hybridized carbons (Fsp3) is 0.214. The van der Waals surface area contributed by atoms with Gasteiger partial charge in [-0.1, -0.05) is 12.1 Å². The van der Waals surface area contributed by atoms with E-state index >= 15 is 0 Å². The molecule has 1 heterocycles. The zero-order chi connectivity index (χ0) is 11.7. The Bertz CT molecular complexity index is 442. The molecule has 0 atom stereocenters. The first kappa shape index (κ1) is 10.7. The van der Waals surface area contributed by atoms with Crippen molar-refractivity contribution in [2.24, 2.45) is 0 Å². The number of benzene rings is 1. The zero-order valence-electron chi connectivity index (χ0n) is 9.86. The standard InChI is InChI=1S/C14H15NO/c1-10-6-4-9-13(16)14(10)15-11(2)7-5-8-12(15)3/h4-9H,1-3H3/p+1. The number of aromatic hydroxyl groups is 1. The van der Waals surface area contributed by atoms with Crippen LogP contribution in [0.25, 0.3) is 5.69 Å². The first-order chi connectivity index (χ1) is 7.61. The average Bonchev–Trinajstić information content (AvgIpc) is 2.21. The van der Waals surface area contributed by atoms with Crippen molar-refractivity contribution >= 4 is 0 Å². The molecular formula is C14H16NO+. The predicted molar refractivity (Wildman–Crippen MR) is 63.8 cm³/mol. The van der Waals surface area contributed by atoms with E-state index in [4.69, 9.17) is 0 Å². The lowest BCUT2D eigenvalue weighted by molar-refractivity contribution is -0.610. The summed E-state index contributed by atoms with van der Waals surface area (Å²) in [6.07, 6.45) is 0. The molecule has 1 aromatic heterocycles. The van der Waals surface area contributed by atoms with Crippen molar-refractivity contribution in [3.8, 4) is 11.4 Å². The summed E-state index contributed by atoms with van der Waals surface area (Å²) in [5.41, 5.74) is 4.18. The third-order valence-corrected chi connectivity index (χ3v) is 2.82. The Labute approximate surface area is 95.8 Å². The van der Waals surface area contributed by atoms with E-state index in [-0.39, 0.29) is 0 Å². The molecule has 0 unspecified atom stereocenters. The van der Waals surface area contributed by atoms with Crippen LogP contribution in [0.5, 0.6) is 5.75 Å². The Kier molecular flexibility index (Phi) is 2.65. The lowest BCUT2D eigenvalue weighted by Gasteiger charge is -2.07. The number of hydrogen-bond acceptors (Lipinski definition) is 1. The van der Waals surface area contributed by atoms with Gasteiger partial charge >= 0.3 is 0 Å². The van der Waals surface area contributed by atoms with E-state index in [2.05, 4.69) is 4.57 Å². The summed E-state index contributed by atoms with van der Waals surface area (Å²) in [5, 5.41) is 9.97. The Balaban J connectivity index is 2.77. The van der Waals surface area contributed by atoms with Gasteiger partial charge in [-0.05, 0) is 19.1 Å². The van der Waals surface area contributed by atoms with E-state index in [0.717, 1.165) is 22.6 Å². The van der Waals surface area contributed by atoms with Crippen LogP contribution in [-0.2, 0) is 0 Å². The maximum Gasteiger partial charge on any atom is 0.256 e. The van der Waals surface area contributed by atoms with Crippen molar-refractivity contribution in [3.05, 3.63) is 53.3 Å². The number of rotatable bonds is 1. The molecule has 0 bridgehead atoms. The highest BCUT2D eigenvalue weighted by Crippen LogP contribution is 2.21. The Morgan fingerprint density at radius 3 is 2.00 bits per heavy atom. The maximum atomic E-state index is 9.97.